The first kappa shape index (κ1) is 21.0. The van der Waals surface area contributed by atoms with Crippen LogP contribution in [0.1, 0.15) is 54.5 Å². The van der Waals surface area contributed by atoms with Crippen LogP contribution in [-0.2, 0) is 16.0 Å². The van der Waals surface area contributed by atoms with Crippen LogP contribution in [0.25, 0.3) is 10.9 Å². The lowest BCUT2D eigenvalue weighted by Crippen LogP contribution is -2.39. The smallest absolute Gasteiger partial charge is 0.136 e. The summed E-state index contributed by atoms with van der Waals surface area (Å²) in [4.78, 5) is 4.97. The van der Waals surface area contributed by atoms with Gasteiger partial charge in [0.05, 0.1) is 29.9 Å². The molecule has 3 atom stereocenters. The Kier molecular flexibility index (Phi) is 6.04. The number of aromatic nitrogens is 1. The van der Waals surface area contributed by atoms with Crippen molar-refractivity contribution in [3.63, 3.8) is 0 Å². The molecule has 2 heterocycles. The molecule has 0 bridgehead atoms. The number of rotatable bonds is 7. The summed E-state index contributed by atoms with van der Waals surface area (Å²) in [6, 6.07) is 15.0. The Bertz CT molecular complexity index is 1040. The molecule has 3 aromatic rings. The number of hydroxylamine groups is 1. The zero-order chi connectivity index (χ0) is 21.4. The van der Waals surface area contributed by atoms with Crippen molar-refractivity contribution in [3.05, 3.63) is 70.4 Å². The van der Waals surface area contributed by atoms with E-state index in [4.69, 9.17) is 21.2 Å². The maximum atomic E-state index is 10.5. The van der Waals surface area contributed by atoms with Crippen LogP contribution in [0.5, 0.6) is 0 Å². The monoisotopic (exact) mass is 440 g/mol. The molecular formula is C25H29ClN2O3. The highest BCUT2D eigenvalue weighted by atomic mass is 35.5. The number of nitrogens with one attached hydrogen (secondary N) is 1. The quantitative estimate of drug-likeness (QED) is 0.510. The SMILES string of the molecule is CONCC1CC(O)CC(n2cc(Cc3ccc(C4CC4)cc3)c3c(Cl)cccc32)O1. The van der Waals surface area contributed by atoms with Gasteiger partial charge in [-0.1, -0.05) is 41.9 Å². The largest absolute Gasteiger partial charge is 0.393 e. The first-order valence-corrected chi connectivity index (χ1v) is 11.5. The highest BCUT2D eigenvalue weighted by Gasteiger charge is 2.31. The van der Waals surface area contributed by atoms with Gasteiger partial charge in [-0.2, -0.15) is 0 Å². The molecule has 0 amide bonds. The third-order valence-corrected chi connectivity index (χ3v) is 6.75. The van der Waals surface area contributed by atoms with E-state index in [-0.39, 0.29) is 12.3 Å². The Morgan fingerprint density at radius 2 is 1.97 bits per heavy atom. The Balaban J connectivity index is 1.45. The van der Waals surface area contributed by atoms with E-state index < -0.39 is 6.10 Å². The number of fused-ring (bicyclic) bond motifs is 1. The fourth-order valence-corrected chi connectivity index (χ4v) is 5.01. The molecule has 0 radical (unpaired) electrons. The molecule has 0 spiro atoms. The van der Waals surface area contributed by atoms with Crippen molar-refractivity contribution in [3.8, 4) is 0 Å². The number of aliphatic hydroxyl groups excluding tert-OH is 1. The van der Waals surface area contributed by atoms with Crippen molar-refractivity contribution in [2.45, 2.75) is 56.5 Å². The average Bonchev–Trinajstić information content (AvgIpc) is 3.55. The highest BCUT2D eigenvalue weighted by Crippen LogP contribution is 2.40. The van der Waals surface area contributed by atoms with Crippen molar-refractivity contribution in [1.82, 2.24) is 10.0 Å². The number of benzene rings is 2. The van der Waals surface area contributed by atoms with Crippen LogP contribution in [-0.4, -0.2) is 35.5 Å². The first-order valence-electron chi connectivity index (χ1n) is 11.1. The number of halogens is 1. The molecule has 5 rings (SSSR count). The van der Waals surface area contributed by atoms with E-state index >= 15 is 0 Å². The molecule has 1 aliphatic carbocycles. The fraction of sp³-hybridized carbons (Fsp3) is 0.440. The molecule has 1 aliphatic heterocycles. The summed E-state index contributed by atoms with van der Waals surface area (Å²) in [5, 5.41) is 12.3. The van der Waals surface area contributed by atoms with Crippen LogP contribution in [0.4, 0.5) is 0 Å². The average molecular weight is 441 g/mol. The van der Waals surface area contributed by atoms with Gasteiger partial charge in [0.2, 0.25) is 0 Å². The molecule has 2 aromatic carbocycles. The first-order chi connectivity index (χ1) is 15.1. The third kappa shape index (κ3) is 4.52. The number of hydrogen-bond donors (Lipinski definition) is 2. The van der Waals surface area contributed by atoms with Crippen LogP contribution in [0.2, 0.25) is 5.02 Å². The van der Waals surface area contributed by atoms with Gasteiger partial charge >= 0.3 is 0 Å². The minimum atomic E-state index is -0.419. The molecular weight excluding hydrogens is 412 g/mol. The highest BCUT2D eigenvalue weighted by molar-refractivity contribution is 6.35. The van der Waals surface area contributed by atoms with Gasteiger partial charge in [0.25, 0.3) is 0 Å². The van der Waals surface area contributed by atoms with Gasteiger partial charge in [0, 0.05) is 31.0 Å². The van der Waals surface area contributed by atoms with E-state index in [9.17, 15) is 5.11 Å². The van der Waals surface area contributed by atoms with Crippen LogP contribution < -0.4 is 5.48 Å². The summed E-state index contributed by atoms with van der Waals surface area (Å²) in [7, 11) is 1.58. The number of hydrogen-bond acceptors (Lipinski definition) is 4. The minimum Gasteiger partial charge on any atom is -0.393 e. The van der Waals surface area contributed by atoms with Crippen molar-refractivity contribution >= 4 is 22.5 Å². The second-order valence-corrected chi connectivity index (χ2v) is 9.19. The molecule has 31 heavy (non-hydrogen) atoms. The predicted octanol–water partition coefficient (Wildman–Crippen LogP) is 4.95. The second-order valence-electron chi connectivity index (χ2n) is 8.78. The second kappa shape index (κ2) is 8.93. The lowest BCUT2D eigenvalue weighted by molar-refractivity contribution is -0.134. The van der Waals surface area contributed by atoms with E-state index in [0.29, 0.717) is 19.4 Å². The Morgan fingerprint density at radius 3 is 2.71 bits per heavy atom. The molecule has 3 unspecified atom stereocenters. The van der Waals surface area contributed by atoms with Gasteiger partial charge in [-0.25, -0.2) is 5.48 Å². The summed E-state index contributed by atoms with van der Waals surface area (Å²) >= 11 is 6.65. The summed E-state index contributed by atoms with van der Waals surface area (Å²) in [6.45, 7) is 0.532. The molecule has 1 saturated heterocycles. The van der Waals surface area contributed by atoms with Gasteiger partial charge in [-0.15, -0.1) is 0 Å². The lowest BCUT2D eigenvalue weighted by atomic mass is 10.0. The van der Waals surface area contributed by atoms with Gasteiger partial charge < -0.3 is 19.2 Å². The number of aliphatic hydroxyl groups is 1. The molecule has 6 heteroatoms. The Labute approximate surface area is 187 Å². The zero-order valence-corrected chi connectivity index (χ0v) is 18.5. The predicted molar refractivity (Wildman–Crippen MR) is 122 cm³/mol. The van der Waals surface area contributed by atoms with Crippen LogP contribution >= 0.6 is 11.6 Å². The van der Waals surface area contributed by atoms with Gasteiger partial charge in [0.15, 0.2) is 0 Å². The van der Waals surface area contributed by atoms with Crippen LogP contribution in [0, 0.1) is 0 Å². The molecule has 1 saturated carbocycles. The molecule has 164 valence electrons. The maximum Gasteiger partial charge on any atom is 0.136 e. The van der Waals surface area contributed by atoms with E-state index in [1.807, 2.05) is 12.1 Å². The van der Waals surface area contributed by atoms with Gasteiger partial charge in [-0.05, 0) is 54.0 Å². The standard InChI is InChI=1S/C25H29ClN2O3/c1-30-27-14-21-12-20(29)13-24(31-21)28-15-19(25-22(26)3-2-4-23(25)28)11-16-5-7-17(8-6-16)18-9-10-18/h2-8,15,18,20-21,24,27,29H,9-14H2,1H3. The number of ether oxygens (including phenoxy) is 1. The third-order valence-electron chi connectivity index (χ3n) is 6.43. The van der Waals surface area contributed by atoms with Crippen molar-refractivity contribution in [2.75, 3.05) is 13.7 Å². The fourth-order valence-electron chi connectivity index (χ4n) is 4.72. The summed E-state index contributed by atoms with van der Waals surface area (Å²) < 4.78 is 8.46. The summed E-state index contributed by atoms with van der Waals surface area (Å²) in [5.41, 5.74) is 7.78. The molecule has 2 fully saturated rings. The van der Waals surface area contributed by atoms with Crippen LogP contribution in [0.15, 0.2) is 48.7 Å². The minimum absolute atomic E-state index is 0.122. The van der Waals surface area contributed by atoms with E-state index in [1.54, 1.807) is 7.11 Å². The molecule has 5 nitrogen and oxygen atoms in total. The topological polar surface area (TPSA) is 55.6 Å². The number of nitrogens with zero attached hydrogens (tertiary/aromatic N) is 1. The zero-order valence-electron chi connectivity index (χ0n) is 17.8. The normalized spacial score (nSPS) is 24.0. The van der Waals surface area contributed by atoms with Crippen molar-refractivity contribution < 1.29 is 14.7 Å². The maximum absolute atomic E-state index is 10.5. The molecule has 2 aliphatic rings. The van der Waals surface area contributed by atoms with Gasteiger partial charge in [0.1, 0.15) is 6.23 Å². The van der Waals surface area contributed by atoms with E-state index in [0.717, 1.165) is 28.3 Å². The van der Waals surface area contributed by atoms with Gasteiger partial charge in [-0.3, -0.25) is 0 Å². The molecule has 2 N–H and O–H groups in total. The summed E-state index contributed by atoms with van der Waals surface area (Å²) in [5.74, 6) is 0.765. The Hall–Kier alpha value is -1.89. The van der Waals surface area contributed by atoms with Crippen LogP contribution in [0.3, 0.4) is 0 Å². The van der Waals surface area contributed by atoms with E-state index in [1.165, 1.54) is 29.5 Å². The van der Waals surface area contributed by atoms with E-state index in [2.05, 4.69) is 46.6 Å². The van der Waals surface area contributed by atoms with Crippen molar-refractivity contribution in [2.24, 2.45) is 0 Å². The van der Waals surface area contributed by atoms with Crippen molar-refractivity contribution in [1.29, 1.82) is 0 Å². The Morgan fingerprint density at radius 1 is 1.16 bits per heavy atom. The summed E-state index contributed by atoms with van der Waals surface area (Å²) in [6.07, 6.45) is 5.94. The lowest BCUT2D eigenvalue weighted by Gasteiger charge is -2.34. The molecule has 1 aromatic heterocycles.